The van der Waals surface area contributed by atoms with E-state index in [2.05, 4.69) is 5.10 Å². The first-order valence-electron chi connectivity index (χ1n) is 10.2. The maximum atomic E-state index is 12.6. The number of hydrogen-bond acceptors (Lipinski definition) is 7. The molecule has 2 atom stereocenters. The van der Waals surface area contributed by atoms with E-state index in [0.717, 1.165) is 11.8 Å². The van der Waals surface area contributed by atoms with Gasteiger partial charge in [-0.15, -0.1) is 0 Å². The molecule has 1 aliphatic rings. The third-order valence-corrected chi connectivity index (χ3v) is 4.97. The van der Waals surface area contributed by atoms with E-state index in [1.807, 2.05) is 30.3 Å². The molecule has 0 aliphatic carbocycles. The number of ether oxygens (including phenoxy) is 2. The van der Waals surface area contributed by atoms with Crippen molar-refractivity contribution in [3.05, 3.63) is 48.0 Å². The minimum Gasteiger partial charge on any atom is -0.442 e. The summed E-state index contributed by atoms with van der Waals surface area (Å²) in [6, 6.07) is 9.67. The van der Waals surface area contributed by atoms with Gasteiger partial charge in [0.15, 0.2) is 0 Å². The van der Waals surface area contributed by atoms with Gasteiger partial charge in [0.2, 0.25) is 0 Å². The highest BCUT2D eigenvalue weighted by Gasteiger charge is 2.36. The van der Waals surface area contributed by atoms with Gasteiger partial charge in [-0.2, -0.15) is 18.5 Å². The van der Waals surface area contributed by atoms with Crippen LogP contribution in [0.5, 0.6) is 0 Å². The number of rotatable bonds is 10. The van der Waals surface area contributed by atoms with Crippen LogP contribution < -0.4 is 0 Å². The third kappa shape index (κ3) is 9.63. The minimum absolute atomic E-state index is 0.0104. The van der Waals surface area contributed by atoms with Crippen molar-refractivity contribution in [2.45, 2.75) is 51.9 Å². The second-order valence-electron chi connectivity index (χ2n) is 8.34. The van der Waals surface area contributed by atoms with Crippen molar-refractivity contribution in [3.8, 4) is 0 Å². The van der Waals surface area contributed by atoms with Gasteiger partial charge in [-0.1, -0.05) is 42.5 Å². The van der Waals surface area contributed by atoms with E-state index in [0.29, 0.717) is 26.1 Å². The molecular formula is C22H32N2O6S. The highest BCUT2D eigenvalue weighted by atomic mass is 32.2. The summed E-state index contributed by atoms with van der Waals surface area (Å²) in [5.74, 6) is -0.0104. The van der Waals surface area contributed by atoms with Crippen LogP contribution in [0.1, 0.15) is 39.2 Å². The van der Waals surface area contributed by atoms with Gasteiger partial charge < -0.3 is 9.47 Å². The third-order valence-electron chi connectivity index (χ3n) is 4.40. The van der Waals surface area contributed by atoms with Crippen LogP contribution in [0.4, 0.5) is 4.79 Å². The summed E-state index contributed by atoms with van der Waals surface area (Å²) in [5, 5.41) is 5.63. The molecule has 0 unspecified atom stereocenters. The first-order valence-corrected chi connectivity index (χ1v) is 12.0. The maximum absolute atomic E-state index is 12.6. The molecule has 2 rings (SSSR count). The van der Waals surface area contributed by atoms with Gasteiger partial charge in [0.25, 0.3) is 10.1 Å². The fourth-order valence-electron chi connectivity index (χ4n) is 3.01. The number of carbonyl (C=O) groups excluding carboxylic acids is 1. The second-order valence-corrected chi connectivity index (χ2v) is 9.99. The average molecular weight is 453 g/mol. The van der Waals surface area contributed by atoms with Gasteiger partial charge >= 0.3 is 6.09 Å². The monoisotopic (exact) mass is 452 g/mol. The van der Waals surface area contributed by atoms with Crippen molar-refractivity contribution in [1.29, 1.82) is 0 Å². The van der Waals surface area contributed by atoms with Crippen molar-refractivity contribution >= 4 is 22.4 Å². The lowest BCUT2D eigenvalue weighted by Crippen LogP contribution is -2.40. The Labute approximate surface area is 185 Å². The Hall–Kier alpha value is -2.23. The largest absolute Gasteiger partial charge is 0.442 e. The lowest BCUT2D eigenvalue weighted by molar-refractivity contribution is 0.0157. The van der Waals surface area contributed by atoms with Crippen LogP contribution in [0.2, 0.25) is 0 Å². The van der Waals surface area contributed by atoms with Crippen molar-refractivity contribution in [1.82, 2.24) is 5.01 Å². The Morgan fingerprint density at radius 3 is 2.55 bits per heavy atom. The molecular weight excluding hydrogens is 420 g/mol. The molecule has 0 bridgehead atoms. The van der Waals surface area contributed by atoms with Crippen molar-refractivity contribution in [2.75, 3.05) is 19.5 Å². The summed E-state index contributed by atoms with van der Waals surface area (Å²) in [6.07, 6.45) is 6.82. The van der Waals surface area contributed by atoms with Crippen LogP contribution in [-0.4, -0.2) is 56.8 Å². The predicted molar refractivity (Wildman–Crippen MR) is 119 cm³/mol. The predicted octanol–water partition coefficient (Wildman–Crippen LogP) is 3.74. The fraction of sp³-hybridized carbons (Fsp3) is 0.545. The quantitative estimate of drug-likeness (QED) is 0.305. The molecule has 1 heterocycles. The van der Waals surface area contributed by atoms with Crippen LogP contribution in [0.3, 0.4) is 0 Å². The zero-order valence-electron chi connectivity index (χ0n) is 18.6. The number of benzene rings is 1. The average Bonchev–Trinajstić information content (AvgIpc) is 3.06. The highest BCUT2D eigenvalue weighted by molar-refractivity contribution is 7.85. The first kappa shape index (κ1) is 25.0. The van der Waals surface area contributed by atoms with Crippen LogP contribution in [0, 0.1) is 5.92 Å². The molecule has 1 aromatic carbocycles. The lowest BCUT2D eigenvalue weighted by atomic mass is 9.95. The molecule has 31 heavy (non-hydrogen) atoms. The number of hydrogen-bond donors (Lipinski definition) is 0. The minimum atomic E-state index is -3.49. The Kier molecular flexibility index (Phi) is 9.21. The van der Waals surface area contributed by atoms with Crippen molar-refractivity contribution < 1.29 is 26.9 Å². The highest BCUT2D eigenvalue weighted by Crippen LogP contribution is 2.26. The van der Waals surface area contributed by atoms with E-state index in [9.17, 15) is 13.2 Å². The van der Waals surface area contributed by atoms with Crippen LogP contribution in [0.15, 0.2) is 47.6 Å². The van der Waals surface area contributed by atoms with Gasteiger partial charge in [0, 0.05) is 18.7 Å². The Morgan fingerprint density at radius 1 is 1.19 bits per heavy atom. The molecule has 0 radical (unpaired) electrons. The lowest BCUT2D eigenvalue weighted by Gasteiger charge is -2.28. The standard InChI is InChI=1S/C22H32N2O6S/c1-22(2,3)30-21(25)24-20(12-8-9-14-29-31(4,26)27)19(16-23-24)13-15-28-17-18-10-6-5-7-11-18/h5-11,16,19-20H,12-15,17H2,1-4H3/b9-8-/t19-,20+/m1/s1. The molecule has 0 saturated heterocycles. The van der Waals surface area contributed by atoms with Gasteiger partial charge in [-0.25, -0.2) is 4.79 Å². The summed E-state index contributed by atoms with van der Waals surface area (Å²) in [6.45, 7) is 6.40. The van der Waals surface area contributed by atoms with Gasteiger partial charge in [-0.05, 0) is 39.2 Å². The zero-order chi connectivity index (χ0) is 22.9. The Balaban J connectivity index is 1.93. The van der Waals surface area contributed by atoms with Crippen molar-refractivity contribution in [3.63, 3.8) is 0 Å². The van der Waals surface area contributed by atoms with E-state index in [4.69, 9.17) is 13.7 Å². The SMILES string of the molecule is CC(C)(C)OC(=O)N1N=C[C@@H](CCOCc2ccccc2)[C@@H]1C/C=C\COS(C)(=O)=O. The molecule has 0 spiro atoms. The molecule has 8 nitrogen and oxygen atoms in total. The first-order chi connectivity index (χ1) is 14.6. The Morgan fingerprint density at radius 2 is 1.90 bits per heavy atom. The number of hydrazone groups is 1. The molecule has 1 aliphatic heterocycles. The van der Waals surface area contributed by atoms with E-state index >= 15 is 0 Å². The van der Waals surface area contributed by atoms with Gasteiger partial charge in [-0.3, -0.25) is 4.18 Å². The summed E-state index contributed by atoms with van der Waals surface area (Å²) in [7, 11) is -3.49. The normalized spacial score (nSPS) is 19.3. The number of carbonyl (C=O) groups is 1. The molecule has 9 heteroatoms. The zero-order valence-corrected chi connectivity index (χ0v) is 19.4. The maximum Gasteiger partial charge on any atom is 0.431 e. The summed E-state index contributed by atoms with van der Waals surface area (Å²) in [4.78, 5) is 12.6. The van der Waals surface area contributed by atoms with Gasteiger partial charge in [0.1, 0.15) is 5.60 Å². The van der Waals surface area contributed by atoms with Gasteiger partial charge in [0.05, 0.1) is 25.5 Å². The topological polar surface area (TPSA) is 94.5 Å². The smallest absolute Gasteiger partial charge is 0.431 e. The van der Waals surface area contributed by atoms with E-state index in [1.54, 1.807) is 39.1 Å². The van der Waals surface area contributed by atoms with Crippen LogP contribution in [0.25, 0.3) is 0 Å². The fourth-order valence-corrected chi connectivity index (χ4v) is 3.33. The summed E-state index contributed by atoms with van der Waals surface area (Å²) >= 11 is 0. The molecule has 0 N–H and O–H groups in total. The van der Waals surface area contributed by atoms with Crippen molar-refractivity contribution in [2.24, 2.45) is 11.0 Å². The molecule has 172 valence electrons. The second kappa shape index (κ2) is 11.4. The Bertz CT molecular complexity index is 862. The molecule has 1 amide bonds. The summed E-state index contributed by atoms with van der Waals surface area (Å²) in [5.41, 5.74) is 0.469. The number of nitrogens with zero attached hydrogens (tertiary/aromatic N) is 2. The summed E-state index contributed by atoms with van der Waals surface area (Å²) < 4.78 is 38.1. The van der Waals surface area contributed by atoms with E-state index in [1.165, 1.54) is 5.01 Å². The molecule has 1 aromatic rings. The van der Waals surface area contributed by atoms with E-state index < -0.39 is 21.8 Å². The van der Waals surface area contributed by atoms with E-state index in [-0.39, 0.29) is 18.6 Å². The van der Waals surface area contributed by atoms with Crippen LogP contribution >= 0.6 is 0 Å². The molecule has 0 aromatic heterocycles. The number of amides is 1. The molecule has 0 fully saturated rings. The van der Waals surface area contributed by atoms with Crippen LogP contribution in [-0.2, 0) is 30.4 Å². The molecule has 0 saturated carbocycles.